The lowest BCUT2D eigenvalue weighted by molar-refractivity contribution is 0.669. The van der Waals surface area contributed by atoms with Gasteiger partial charge in [0.25, 0.3) is 0 Å². The fourth-order valence-corrected chi connectivity index (χ4v) is 9.27. The third kappa shape index (κ3) is 4.28. The van der Waals surface area contributed by atoms with Gasteiger partial charge in [-0.15, -0.1) is 0 Å². The van der Waals surface area contributed by atoms with E-state index in [-0.39, 0.29) is 0 Å². The minimum Gasteiger partial charge on any atom is -0.455 e. The van der Waals surface area contributed by atoms with Gasteiger partial charge in [0, 0.05) is 54.6 Å². The van der Waals surface area contributed by atoms with Crippen LogP contribution in [0.5, 0.6) is 0 Å². The van der Waals surface area contributed by atoms with Crippen LogP contribution in [-0.4, -0.2) is 14.5 Å². The molecule has 0 spiro atoms. The van der Waals surface area contributed by atoms with Crippen molar-refractivity contribution in [2.45, 2.75) is 0 Å². The highest BCUT2D eigenvalue weighted by atomic mass is 16.3. The van der Waals surface area contributed by atoms with Gasteiger partial charge < -0.3 is 13.4 Å². The van der Waals surface area contributed by atoms with E-state index in [0.717, 1.165) is 83.2 Å². The van der Waals surface area contributed by atoms with Gasteiger partial charge in [0.2, 0.25) is 0 Å². The van der Waals surface area contributed by atoms with Gasteiger partial charge in [-0.3, -0.25) is 0 Å². The van der Waals surface area contributed by atoms with Crippen molar-refractivity contribution in [1.29, 1.82) is 0 Å². The van der Waals surface area contributed by atoms with E-state index in [1.165, 1.54) is 38.5 Å². The van der Waals surface area contributed by atoms with E-state index in [0.29, 0.717) is 5.82 Å². The molecule has 4 aromatic heterocycles. The quantitative estimate of drug-likeness (QED) is 0.182. The van der Waals surface area contributed by atoms with Crippen LogP contribution in [0.25, 0.3) is 128 Å². The van der Waals surface area contributed by atoms with Gasteiger partial charge in [-0.25, -0.2) is 9.97 Å². The van der Waals surface area contributed by atoms with Crippen LogP contribution in [-0.2, 0) is 0 Å². The third-order valence-corrected chi connectivity index (χ3v) is 11.8. The summed E-state index contributed by atoms with van der Waals surface area (Å²) in [4.78, 5) is 10.7. The van der Waals surface area contributed by atoms with Crippen LogP contribution in [0.1, 0.15) is 0 Å². The SMILES string of the molecule is c1ccc2c(c1)-c1cc(-c3cc(-c4cccc5c4oc4ccccc45)nc(-c4cccc5c4oc4ccccc45)n3)ccc1-n1c3ccccc3c3cccc-2c31. The largest absolute Gasteiger partial charge is 0.455 e. The molecule has 0 atom stereocenters. The number of para-hydroxylation sites is 6. The highest BCUT2D eigenvalue weighted by Crippen LogP contribution is 2.48. The van der Waals surface area contributed by atoms with E-state index in [4.69, 9.17) is 18.8 Å². The Morgan fingerprint density at radius 2 is 0.912 bits per heavy atom. The number of fused-ring (bicyclic) bond motifs is 14. The molecule has 12 aromatic rings. The first kappa shape index (κ1) is 30.6. The number of rotatable bonds is 3. The van der Waals surface area contributed by atoms with E-state index in [1.807, 2.05) is 30.3 Å². The van der Waals surface area contributed by atoms with Crippen LogP contribution in [0.2, 0.25) is 0 Å². The maximum atomic E-state index is 6.57. The molecule has 0 radical (unpaired) electrons. The van der Waals surface area contributed by atoms with Crippen molar-refractivity contribution in [2.75, 3.05) is 0 Å². The van der Waals surface area contributed by atoms with Crippen LogP contribution >= 0.6 is 0 Å². The third-order valence-electron chi connectivity index (χ3n) is 11.8. The van der Waals surface area contributed by atoms with Crippen LogP contribution in [0.3, 0.4) is 0 Å². The van der Waals surface area contributed by atoms with Crippen LogP contribution in [0, 0.1) is 0 Å². The predicted molar refractivity (Wildman–Crippen MR) is 232 cm³/mol. The smallest absolute Gasteiger partial charge is 0.164 e. The maximum absolute atomic E-state index is 6.57. The van der Waals surface area contributed by atoms with Crippen molar-refractivity contribution < 1.29 is 8.83 Å². The Hall–Kier alpha value is -7.76. The van der Waals surface area contributed by atoms with Crippen LogP contribution < -0.4 is 0 Å². The van der Waals surface area contributed by atoms with Gasteiger partial charge in [-0.2, -0.15) is 0 Å². The molecule has 0 saturated heterocycles. The van der Waals surface area contributed by atoms with Crippen LogP contribution in [0.4, 0.5) is 0 Å². The number of hydrogen-bond donors (Lipinski definition) is 0. The molecule has 0 aliphatic carbocycles. The molecule has 0 fully saturated rings. The highest BCUT2D eigenvalue weighted by molar-refractivity contribution is 6.17. The monoisotopic (exact) mass is 727 g/mol. The molecule has 0 amide bonds. The molecule has 0 unspecified atom stereocenters. The van der Waals surface area contributed by atoms with Gasteiger partial charge in [0.1, 0.15) is 22.3 Å². The van der Waals surface area contributed by atoms with Crippen molar-refractivity contribution in [1.82, 2.24) is 14.5 Å². The Balaban J connectivity index is 1.10. The molecule has 0 saturated carbocycles. The minimum atomic E-state index is 0.584. The molecule has 5 heterocycles. The number of furan rings is 2. The van der Waals surface area contributed by atoms with Gasteiger partial charge in [0.05, 0.1) is 33.7 Å². The Labute approximate surface area is 325 Å². The zero-order valence-corrected chi connectivity index (χ0v) is 30.4. The lowest BCUT2D eigenvalue weighted by Gasteiger charge is -2.15. The maximum Gasteiger partial charge on any atom is 0.164 e. The van der Waals surface area contributed by atoms with Crippen molar-refractivity contribution >= 4 is 65.7 Å². The lowest BCUT2D eigenvalue weighted by Crippen LogP contribution is -1.99. The first-order chi connectivity index (χ1) is 28.3. The Kier molecular flexibility index (Phi) is 6.10. The van der Waals surface area contributed by atoms with E-state index in [2.05, 4.69) is 150 Å². The van der Waals surface area contributed by atoms with E-state index in [1.54, 1.807) is 0 Å². The molecule has 1 aliphatic heterocycles. The fourth-order valence-electron chi connectivity index (χ4n) is 9.27. The van der Waals surface area contributed by atoms with Gasteiger partial charge in [-0.1, -0.05) is 127 Å². The second-order valence-electron chi connectivity index (χ2n) is 14.9. The van der Waals surface area contributed by atoms with Gasteiger partial charge >= 0.3 is 0 Å². The average Bonchev–Trinajstić information content (AvgIpc) is 3.93. The van der Waals surface area contributed by atoms with Gasteiger partial charge in [-0.05, 0) is 59.7 Å². The summed E-state index contributed by atoms with van der Waals surface area (Å²) in [7, 11) is 0. The summed E-state index contributed by atoms with van der Waals surface area (Å²) in [6.07, 6.45) is 0. The molecule has 1 aliphatic rings. The average molecular weight is 728 g/mol. The van der Waals surface area contributed by atoms with Crippen molar-refractivity contribution in [2.24, 2.45) is 0 Å². The van der Waals surface area contributed by atoms with Crippen molar-refractivity contribution in [3.05, 3.63) is 176 Å². The summed E-state index contributed by atoms with van der Waals surface area (Å²) in [5.41, 5.74) is 15.8. The van der Waals surface area contributed by atoms with E-state index in [9.17, 15) is 0 Å². The number of nitrogens with zero attached hydrogens (tertiary/aromatic N) is 3. The molecule has 13 rings (SSSR count). The molecular weight excluding hydrogens is 699 g/mol. The van der Waals surface area contributed by atoms with E-state index >= 15 is 0 Å². The summed E-state index contributed by atoms with van der Waals surface area (Å²) < 4.78 is 15.6. The Morgan fingerprint density at radius 1 is 0.368 bits per heavy atom. The van der Waals surface area contributed by atoms with E-state index < -0.39 is 0 Å². The Morgan fingerprint density at radius 3 is 1.67 bits per heavy atom. The molecular formula is C52H29N3O2. The predicted octanol–water partition coefficient (Wildman–Crippen LogP) is 14.0. The summed E-state index contributed by atoms with van der Waals surface area (Å²) in [6, 6.07) is 61.9. The zero-order chi connectivity index (χ0) is 37.2. The number of aromatic nitrogens is 3. The summed E-state index contributed by atoms with van der Waals surface area (Å²) >= 11 is 0. The topological polar surface area (TPSA) is 57.0 Å². The normalized spacial score (nSPS) is 12.2. The molecule has 5 nitrogen and oxygen atoms in total. The van der Waals surface area contributed by atoms with Crippen molar-refractivity contribution in [3.63, 3.8) is 0 Å². The fraction of sp³-hybridized carbons (Fsp3) is 0. The number of benzene rings is 8. The Bertz CT molecular complexity index is 3530. The van der Waals surface area contributed by atoms with Crippen molar-refractivity contribution in [3.8, 4) is 61.8 Å². The minimum absolute atomic E-state index is 0.584. The summed E-state index contributed by atoms with van der Waals surface area (Å²) in [5.74, 6) is 0.584. The molecule has 8 aromatic carbocycles. The molecule has 5 heteroatoms. The van der Waals surface area contributed by atoms with Crippen LogP contribution in [0.15, 0.2) is 185 Å². The summed E-state index contributed by atoms with van der Waals surface area (Å²) in [6.45, 7) is 0. The molecule has 57 heavy (non-hydrogen) atoms. The van der Waals surface area contributed by atoms with Gasteiger partial charge in [0.15, 0.2) is 5.82 Å². The molecule has 0 bridgehead atoms. The lowest BCUT2D eigenvalue weighted by atomic mass is 9.92. The first-order valence-corrected chi connectivity index (χ1v) is 19.2. The number of hydrogen-bond acceptors (Lipinski definition) is 4. The molecule has 0 N–H and O–H groups in total. The standard InChI is InChI=1S/C52H29N3O2/c1-2-13-32-31(12-1)36-17-9-18-37-33-14-3-6-23-45(33)55(49(36)37)46-27-26-30(28-42(32)46)43-29-44(40-21-10-19-38-34-15-4-7-24-47(34)56-50(38)40)54-52(53-43)41-22-11-20-39-35-16-5-8-25-48(35)57-51(39)41/h1-29H. The second kappa shape index (κ2) is 11.4. The zero-order valence-electron chi connectivity index (χ0n) is 30.4. The second-order valence-corrected chi connectivity index (χ2v) is 14.9. The first-order valence-electron chi connectivity index (χ1n) is 19.2. The highest BCUT2D eigenvalue weighted by Gasteiger charge is 2.25. The molecule has 264 valence electrons. The summed E-state index contributed by atoms with van der Waals surface area (Å²) in [5, 5.41) is 6.72.